The van der Waals surface area contributed by atoms with Crippen LogP contribution < -0.4 is 0 Å². The van der Waals surface area contributed by atoms with Gasteiger partial charge in [-0.15, -0.1) is 0 Å². The van der Waals surface area contributed by atoms with Gasteiger partial charge in [-0.2, -0.15) is 0 Å². The van der Waals surface area contributed by atoms with Gasteiger partial charge in [0, 0.05) is 11.6 Å². The zero-order chi connectivity index (χ0) is 15.7. The maximum Gasteiger partial charge on any atom is 0.0779 e. The molecule has 1 aromatic rings. The third-order valence-corrected chi connectivity index (χ3v) is 4.84. The Kier molecular flexibility index (Phi) is 6.64. The van der Waals surface area contributed by atoms with Crippen molar-refractivity contribution in [2.75, 3.05) is 0 Å². The molecule has 0 aliphatic carbocycles. The van der Waals surface area contributed by atoms with E-state index in [1.807, 2.05) is 0 Å². The molecular weight excluding hydrogens is 266 g/mol. The number of benzene rings is 1. The second-order valence-electron chi connectivity index (χ2n) is 6.23. The van der Waals surface area contributed by atoms with Crippen LogP contribution in [0, 0.1) is 5.41 Å². The van der Waals surface area contributed by atoms with Gasteiger partial charge in [-0.1, -0.05) is 68.5 Å². The Morgan fingerprint density at radius 2 is 1.64 bits per heavy atom. The SMILES string of the molecule is CCC1(CC)C=NC(c2ccccc2)C/C=C\CC/C=C\C1. The van der Waals surface area contributed by atoms with Crippen LogP contribution in [0.5, 0.6) is 0 Å². The van der Waals surface area contributed by atoms with Gasteiger partial charge in [-0.05, 0) is 44.1 Å². The van der Waals surface area contributed by atoms with Crippen molar-refractivity contribution in [1.82, 2.24) is 0 Å². The molecule has 0 saturated carbocycles. The fourth-order valence-corrected chi connectivity index (χ4v) is 2.95. The molecule has 0 fully saturated rings. The van der Waals surface area contributed by atoms with Crippen molar-refractivity contribution in [1.29, 1.82) is 0 Å². The van der Waals surface area contributed by atoms with E-state index in [1.54, 1.807) is 0 Å². The number of nitrogens with zero attached hydrogens (tertiary/aromatic N) is 1. The lowest BCUT2D eigenvalue weighted by Crippen LogP contribution is -2.20. The molecule has 1 aromatic carbocycles. The van der Waals surface area contributed by atoms with Crippen molar-refractivity contribution >= 4 is 6.21 Å². The van der Waals surface area contributed by atoms with Crippen LogP contribution in [0.25, 0.3) is 0 Å². The zero-order valence-electron chi connectivity index (χ0n) is 14.0. The molecule has 1 heteroatoms. The molecule has 1 atom stereocenters. The van der Waals surface area contributed by atoms with Gasteiger partial charge in [-0.3, -0.25) is 4.99 Å². The molecule has 0 saturated heterocycles. The lowest BCUT2D eigenvalue weighted by atomic mass is 9.80. The maximum atomic E-state index is 5.01. The van der Waals surface area contributed by atoms with Gasteiger partial charge in [0.25, 0.3) is 0 Å². The third kappa shape index (κ3) is 4.69. The summed E-state index contributed by atoms with van der Waals surface area (Å²) in [7, 11) is 0. The van der Waals surface area contributed by atoms with E-state index in [9.17, 15) is 0 Å². The second kappa shape index (κ2) is 8.73. The highest BCUT2D eigenvalue weighted by molar-refractivity contribution is 5.66. The molecule has 1 aliphatic rings. The van der Waals surface area contributed by atoms with Crippen molar-refractivity contribution < 1.29 is 0 Å². The Balaban J connectivity index is 2.29. The summed E-state index contributed by atoms with van der Waals surface area (Å²) in [6, 6.07) is 10.9. The largest absolute Gasteiger partial charge is 0.289 e. The molecule has 1 heterocycles. The highest BCUT2D eigenvalue weighted by atomic mass is 14.8. The third-order valence-electron chi connectivity index (χ3n) is 4.84. The Labute approximate surface area is 135 Å². The quantitative estimate of drug-likeness (QED) is 0.581. The number of hydrogen-bond acceptors (Lipinski definition) is 1. The monoisotopic (exact) mass is 295 g/mol. The molecule has 0 amide bonds. The topological polar surface area (TPSA) is 12.4 Å². The van der Waals surface area contributed by atoms with E-state index < -0.39 is 0 Å². The van der Waals surface area contributed by atoms with Crippen LogP contribution in [0.1, 0.15) is 64.0 Å². The summed E-state index contributed by atoms with van der Waals surface area (Å²) in [5, 5.41) is 0. The van der Waals surface area contributed by atoms with Gasteiger partial charge < -0.3 is 0 Å². The van der Waals surface area contributed by atoms with E-state index in [4.69, 9.17) is 4.99 Å². The van der Waals surface area contributed by atoms with Crippen LogP contribution in [0.15, 0.2) is 59.6 Å². The molecule has 22 heavy (non-hydrogen) atoms. The van der Waals surface area contributed by atoms with Gasteiger partial charge in [-0.25, -0.2) is 0 Å². The smallest absolute Gasteiger partial charge is 0.0779 e. The highest BCUT2D eigenvalue weighted by Crippen LogP contribution is 2.31. The van der Waals surface area contributed by atoms with Crippen molar-refractivity contribution in [3.63, 3.8) is 0 Å². The summed E-state index contributed by atoms with van der Waals surface area (Å²) in [4.78, 5) is 5.01. The Bertz CT molecular complexity index is 506. The summed E-state index contributed by atoms with van der Waals surface area (Å²) in [6.07, 6.45) is 18.2. The number of aliphatic imine (C=N–C) groups is 1. The Hall–Kier alpha value is -1.63. The zero-order valence-corrected chi connectivity index (χ0v) is 14.0. The van der Waals surface area contributed by atoms with Gasteiger partial charge in [0.15, 0.2) is 0 Å². The molecule has 0 aromatic heterocycles. The number of rotatable bonds is 3. The molecule has 1 unspecified atom stereocenters. The average molecular weight is 295 g/mol. The number of hydrogen-bond donors (Lipinski definition) is 0. The minimum Gasteiger partial charge on any atom is -0.289 e. The summed E-state index contributed by atoms with van der Waals surface area (Å²) >= 11 is 0. The fourth-order valence-electron chi connectivity index (χ4n) is 2.95. The average Bonchev–Trinajstić information content (AvgIpc) is 2.57. The van der Waals surface area contributed by atoms with E-state index in [0.717, 1.165) is 38.5 Å². The Morgan fingerprint density at radius 1 is 0.955 bits per heavy atom. The second-order valence-corrected chi connectivity index (χ2v) is 6.23. The van der Waals surface area contributed by atoms with Crippen molar-refractivity contribution in [3.8, 4) is 0 Å². The van der Waals surface area contributed by atoms with Crippen LogP contribution in [-0.2, 0) is 0 Å². The minimum absolute atomic E-state index is 0.215. The normalized spacial score (nSPS) is 24.9. The summed E-state index contributed by atoms with van der Waals surface area (Å²) in [6.45, 7) is 4.57. The first kappa shape index (κ1) is 16.7. The van der Waals surface area contributed by atoms with Gasteiger partial charge >= 0.3 is 0 Å². The fraction of sp³-hybridized carbons (Fsp3) is 0.476. The number of allylic oxidation sites excluding steroid dienone is 3. The standard InChI is InChI=1S/C21H29N/c1-3-21(4-2)17-13-8-6-5-7-12-16-20(22-18-21)19-14-10-9-11-15-19/h7-15,18,20H,3-6,16-17H2,1-2H3/b12-7-,13-8-,22-18?. The molecule has 1 aliphatic heterocycles. The van der Waals surface area contributed by atoms with Crippen LogP contribution in [0.2, 0.25) is 0 Å². The first-order valence-electron chi connectivity index (χ1n) is 8.69. The molecule has 0 spiro atoms. The molecule has 0 radical (unpaired) electrons. The van der Waals surface area contributed by atoms with Gasteiger partial charge in [0.1, 0.15) is 0 Å². The summed E-state index contributed by atoms with van der Waals surface area (Å²) in [5.74, 6) is 0. The van der Waals surface area contributed by atoms with Crippen molar-refractivity contribution in [2.45, 2.75) is 58.4 Å². The van der Waals surface area contributed by atoms with Gasteiger partial charge in [0.2, 0.25) is 0 Å². The van der Waals surface area contributed by atoms with Crippen LogP contribution >= 0.6 is 0 Å². The van der Waals surface area contributed by atoms with Crippen LogP contribution in [-0.4, -0.2) is 6.21 Å². The molecule has 2 rings (SSSR count). The molecule has 118 valence electrons. The first-order chi connectivity index (χ1) is 10.8. The summed E-state index contributed by atoms with van der Waals surface area (Å²) < 4.78 is 0. The molecule has 1 nitrogen and oxygen atoms in total. The lowest BCUT2D eigenvalue weighted by molar-refractivity contribution is 0.400. The minimum atomic E-state index is 0.215. The van der Waals surface area contributed by atoms with E-state index in [1.165, 1.54) is 5.56 Å². The first-order valence-corrected chi connectivity index (χ1v) is 8.69. The molecule has 0 N–H and O–H groups in total. The van der Waals surface area contributed by atoms with Crippen LogP contribution in [0.3, 0.4) is 0 Å². The predicted molar refractivity (Wildman–Crippen MR) is 97.4 cm³/mol. The lowest BCUT2D eigenvalue weighted by Gasteiger charge is -2.27. The molecule has 0 bridgehead atoms. The van der Waals surface area contributed by atoms with Crippen molar-refractivity contribution in [3.05, 3.63) is 60.2 Å². The molecular formula is C21H29N. The predicted octanol–water partition coefficient (Wildman–Crippen LogP) is 6.29. The van der Waals surface area contributed by atoms with E-state index in [2.05, 4.69) is 74.7 Å². The van der Waals surface area contributed by atoms with Crippen LogP contribution in [0.4, 0.5) is 0 Å². The van der Waals surface area contributed by atoms with E-state index >= 15 is 0 Å². The Morgan fingerprint density at radius 3 is 2.32 bits per heavy atom. The van der Waals surface area contributed by atoms with Crippen molar-refractivity contribution in [2.24, 2.45) is 10.4 Å². The maximum absolute atomic E-state index is 5.01. The highest BCUT2D eigenvalue weighted by Gasteiger charge is 2.23. The van der Waals surface area contributed by atoms with E-state index in [0.29, 0.717) is 0 Å². The van der Waals surface area contributed by atoms with Gasteiger partial charge in [0.05, 0.1) is 6.04 Å². The summed E-state index contributed by atoms with van der Waals surface area (Å²) in [5.41, 5.74) is 1.53. The van der Waals surface area contributed by atoms with E-state index in [-0.39, 0.29) is 11.5 Å².